The van der Waals surface area contributed by atoms with Crippen LogP contribution in [0.15, 0.2) is 36.4 Å². The van der Waals surface area contributed by atoms with Gasteiger partial charge in [-0.1, -0.05) is 13.3 Å². The summed E-state index contributed by atoms with van der Waals surface area (Å²) in [5.41, 5.74) is 2.97. The summed E-state index contributed by atoms with van der Waals surface area (Å²) in [5, 5.41) is 6.69. The van der Waals surface area contributed by atoms with E-state index in [-0.39, 0.29) is 30.3 Å². The molecule has 3 heterocycles. The molecule has 44 heavy (non-hydrogen) atoms. The van der Waals surface area contributed by atoms with Gasteiger partial charge in [0.25, 0.3) is 11.8 Å². The second-order valence-corrected chi connectivity index (χ2v) is 12.6. The molecule has 3 saturated heterocycles. The first-order chi connectivity index (χ1) is 21.0. The van der Waals surface area contributed by atoms with Gasteiger partial charge in [-0.25, -0.2) is 4.39 Å². The molecule has 1 unspecified atom stereocenters. The van der Waals surface area contributed by atoms with Gasteiger partial charge in [0.2, 0.25) is 0 Å². The van der Waals surface area contributed by atoms with Crippen LogP contribution < -0.4 is 20.3 Å². The van der Waals surface area contributed by atoms with Crippen molar-refractivity contribution in [3.63, 3.8) is 0 Å². The number of carbonyl (C=O) groups excluding carboxylic acids is 2. The van der Waals surface area contributed by atoms with E-state index < -0.39 is 5.82 Å². The summed E-state index contributed by atoms with van der Waals surface area (Å²) in [5.74, 6) is 1.54. The molecule has 1 saturated carbocycles. The summed E-state index contributed by atoms with van der Waals surface area (Å²) in [4.78, 5) is 32.8. The van der Waals surface area contributed by atoms with Crippen molar-refractivity contribution in [2.45, 2.75) is 57.5 Å². The molecule has 0 aromatic heterocycles. The highest BCUT2D eigenvalue weighted by molar-refractivity contribution is 5.96. The molecule has 3 aliphatic heterocycles. The van der Waals surface area contributed by atoms with E-state index in [1.54, 1.807) is 11.0 Å². The molecule has 2 N–H and O–H groups in total. The Morgan fingerprint density at radius 3 is 2.14 bits per heavy atom. The van der Waals surface area contributed by atoms with Gasteiger partial charge >= 0.3 is 0 Å². The molecule has 1 aliphatic carbocycles. The van der Waals surface area contributed by atoms with Crippen LogP contribution >= 0.6 is 12.4 Å². The van der Waals surface area contributed by atoms with Crippen molar-refractivity contribution in [1.82, 2.24) is 20.4 Å². The van der Waals surface area contributed by atoms with Crippen molar-refractivity contribution in [1.29, 1.82) is 0 Å². The summed E-state index contributed by atoms with van der Waals surface area (Å²) in [7, 11) is 0. The molecule has 6 rings (SSSR count). The molecule has 240 valence electrons. The van der Waals surface area contributed by atoms with E-state index in [0.717, 1.165) is 75.9 Å². The number of piperazine rings is 2. The minimum Gasteiger partial charge on any atom is -0.489 e. The fourth-order valence-electron chi connectivity index (χ4n) is 7.18. The molecular weight excluding hydrogens is 581 g/mol. The van der Waals surface area contributed by atoms with E-state index in [9.17, 15) is 14.0 Å². The third-order valence-corrected chi connectivity index (χ3v) is 9.90. The topological polar surface area (TPSA) is 77.2 Å². The highest BCUT2D eigenvalue weighted by Crippen LogP contribution is 2.41. The number of hydrogen-bond acceptors (Lipinski definition) is 6. The molecular formula is C34H47ClFN5O3. The first-order valence-electron chi connectivity index (χ1n) is 16.3. The average molecular weight is 628 g/mol. The van der Waals surface area contributed by atoms with Crippen molar-refractivity contribution in [2.75, 3.05) is 70.3 Å². The minimum absolute atomic E-state index is 0. The van der Waals surface area contributed by atoms with Crippen LogP contribution in [0.5, 0.6) is 5.75 Å². The van der Waals surface area contributed by atoms with Crippen LogP contribution in [-0.2, 0) is 0 Å². The molecule has 2 aromatic carbocycles. The Bertz CT molecular complexity index is 1280. The van der Waals surface area contributed by atoms with Crippen molar-refractivity contribution in [2.24, 2.45) is 5.92 Å². The Morgan fingerprint density at radius 1 is 0.818 bits per heavy atom. The van der Waals surface area contributed by atoms with Crippen LogP contribution in [0.4, 0.5) is 10.1 Å². The average Bonchev–Trinajstić information content (AvgIpc) is 3.58. The van der Waals surface area contributed by atoms with E-state index in [1.165, 1.54) is 37.0 Å². The van der Waals surface area contributed by atoms with Crippen LogP contribution in [0.25, 0.3) is 0 Å². The molecule has 2 aromatic rings. The minimum atomic E-state index is -0.399. The van der Waals surface area contributed by atoms with Gasteiger partial charge in [0.1, 0.15) is 17.7 Å². The number of amides is 2. The second-order valence-electron chi connectivity index (χ2n) is 12.6. The molecule has 4 aliphatic rings. The third-order valence-electron chi connectivity index (χ3n) is 9.90. The van der Waals surface area contributed by atoms with Crippen LogP contribution in [0.3, 0.4) is 0 Å². The number of rotatable bonds is 7. The summed E-state index contributed by atoms with van der Waals surface area (Å²) in [6.45, 7) is 9.11. The summed E-state index contributed by atoms with van der Waals surface area (Å²) in [6, 6.07) is 10.6. The van der Waals surface area contributed by atoms with Crippen LogP contribution in [0.1, 0.15) is 77.6 Å². The monoisotopic (exact) mass is 627 g/mol. The van der Waals surface area contributed by atoms with Gasteiger partial charge in [-0.05, 0) is 92.4 Å². The lowest BCUT2D eigenvalue weighted by Gasteiger charge is -2.35. The summed E-state index contributed by atoms with van der Waals surface area (Å²) < 4.78 is 21.0. The standard InChI is InChI=1S/C34H46FN5O3.ClH/c1-2-24-3-5-25(6-4-24)31-21-26(7-8-32(31)43-30-9-10-37-23-30)33(41)39-15-17-40(18-16-39)34(42)27-19-28(35)22-29(20-27)38-13-11-36-12-14-38;/h7-8,19-22,24-25,30,36-37H,2-6,9-18,23H2,1H3;1H. The Kier molecular flexibility index (Phi) is 11.0. The number of halogens is 2. The zero-order valence-corrected chi connectivity index (χ0v) is 26.7. The summed E-state index contributed by atoms with van der Waals surface area (Å²) >= 11 is 0. The number of carbonyl (C=O) groups is 2. The number of nitrogens with zero attached hydrogens (tertiary/aromatic N) is 3. The molecule has 0 radical (unpaired) electrons. The van der Waals surface area contributed by atoms with Gasteiger partial charge in [0.15, 0.2) is 0 Å². The van der Waals surface area contributed by atoms with Gasteiger partial charge in [0, 0.05) is 75.7 Å². The smallest absolute Gasteiger partial charge is 0.254 e. The van der Waals surface area contributed by atoms with Gasteiger partial charge in [-0.2, -0.15) is 0 Å². The van der Waals surface area contributed by atoms with Gasteiger partial charge in [-0.15, -0.1) is 12.4 Å². The van der Waals surface area contributed by atoms with Crippen LogP contribution in [0, 0.1) is 11.7 Å². The lowest BCUT2D eigenvalue weighted by atomic mass is 9.77. The van der Waals surface area contributed by atoms with E-state index in [0.29, 0.717) is 43.2 Å². The number of nitrogens with one attached hydrogen (secondary N) is 2. The van der Waals surface area contributed by atoms with E-state index >= 15 is 0 Å². The molecule has 4 fully saturated rings. The normalized spacial score (nSPS) is 24.1. The molecule has 10 heteroatoms. The second kappa shape index (κ2) is 14.9. The van der Waals surface area contributed by atoms with Crippen molar-refractivity contribution in [3.05, 3.63) is 58.9 Å². The Morgan fingerprint density at radius 2 is 1.50 bits per heavy atom. The Hall–Kier alpha value is -2.88. The maximum Gasteiger partial charge on any atom is 0.254 e. The lowest BCUT2D eigenvalue weighted by Crippen LogP contribution is -2.50. The van der Waals surface area contributed by atoms with Gasteiger partial charge < -0.3 is 30.1 Å². The van der Waals surface area contributed by atoms with E-state index in [1.807, 2.05) is 17.0 Å². The predicted octanol–water partition coefficient (Wildman–Crippen LogP) is 4.68. The van der Waals surface area contributed by atoms with Gasteiger partial charge in [-0.3, -0.25) is 9.59 Å². The quantitative estimate of drug-likeness (QED) is 0.464. The molecule has 1 atom stereocenters. The van der Waals surface area contributed by atoms with Crippen molar-refractivity contribution in [3.8, 4) is 5.75 Å². The van der Waals surface area contributed by atoms with Crippen molar-refractivity contribution >= 4 is 29.9 Å². The van der Waals surface area contributed by atoms with Gasteiger partial charge in [0.05, 0.1) is 0 Å². The molecule has 0 spiro atoms. The first-order valence-corrected chi connectivity index (χ1v) is 16.3. The highest BCUT2D eigenvalue weighted by atomic mass is 35.5. The van der Waals surface area contributed by atoms with Crippen molar-refractivity contribution < 1.29 is 18.7 Å². The number of ether oxygens (including phenoxy) is 1. The number of benzene rings is 2. The fourth-order valence-corrected chi connectivity index (χ4v) is 7.18. The molecule has 8 nitrogen and oxygen atoms in total. The highest BCUT2D eigenvalue weighted by Gasteiger charge is 2.30. The zero-order chi connectivity index (χ0) is 29.8. The Labute approximate surface area is 267 Å². The number of anilines is 1. The predicted molar refractivity (Wildman–Crippen MR) is 174 cm³/mol. The third kappa shape index (κ3) is 7.49. The Balaban J connectivity index is 0.00000384. The molecule has 0 bridgehead atoms. The number of hydrogen-bond donors (Lipinski definition) is 2. The summed E-state index contributed by atoms with van der Waals surface area (Å²) in [6.07, 6.45) is 7.11. The van der Waals surface area contributed by atoms with E-state index in [4.69, 9.17) is 4.74 Å². The fraction of sp³-hybridized carbons (Fsp3) is 0.588. The SMILES string of the molecule is CCC1CCC(c2cc(C(=O)N3CCN(C(=O)c4cc(F)cc(N5CCNCC5)c4)CC3)ccc2OC2CCNC2)CC1.Cl. The largest absolute Gasteiger partial charge is 0.489 e. The maximum absolute atomic E-state index is 14.5. The lowest BCUT2D eigenvalue weighted by molar-refractivity contribution is 0.0535. The molecule has 2 amide bonds. The first kappa shape index (κ1) is 32.5. The van der Waals surface area contributed by atoms with E-state index in [2.05, 4.69) is 28.5 Å². The van der Waals surface area contributed by atoms with Crippen LogP contribution in [-0.4, -0.2) is 93.2 Å². The zero-order valence-electron chi connectivity index (χ0n) is 25.9. The maximum atomic E-state index is 14.5. The van der Waals surface area contributed by atoms with Crippen LogP contribution in [0.2, 0.25) is 0 Å².